The SMILES string of the molecule is COc1cc(C(=O)Nc2cccc(N)c2C)ccc1C. The summed E-state index contributed by atoms with van der Waals surface area (Å²) in [6, 6.07) is 10.8. The first-order valence-electron chi connectivity index (χ1n) is 6.34. The van der Waals surface area contributed by atoms with Crippen molar-refractivity contribution in [3.05, 3.63) is 53.1 Å². The molecule has 4 nitrogen and oxygen atoms in total. The number of anilines is 2. The molecule has 1 amide bonds. The molecule has 0 aliphatic carbocycles. The second-order valence-corrected chi connectivity index (χ2v) is 4.66. The number of nitrogen functional groups attached to an aromatic ring is 1. The maximum atomic E-state index is 12.2. The molecule has 2 aromatic carbocycles. The quantitative estimate of drug-likeness (QED) is 0.842. The van der Waals surface area contributed by atoms with Gasteiger partial charge in [-0.1, -0.05) is 12.1 Å². The van der Waals surface area contributed by atoms with E-state index in [0.717, 1.165) is 16.8 Å². The van der Waals surface area contributed by atoms with Crippen LogP contribution in [0.5, 0.6) is 5.75 Å². The molecule has 2 rings (SSSR count). The molecule has 4 heteroatoms. The number of nitrogens with two attached hydrogens (primary N) is 1. The first-order chi connectivity index (χ1) is 9.52. The summed E-state index contributed by atoms with van der Waals surface area (Å²) >= 11 is 0. The zero-order chi connectivity index (χ0) is 14.7. The van der Waals surface area contributed by atoms with Gasteiger partial charge in [0.05, 0.1) is 7.11 Å². The van der Waals surface area contributed by atoms with Gasteiger partial charge in [0, 0.05) is 16.9 Å². The van der Waals surface area contributed by atoms with E-state index in [1.54, 1.807) is 25.3 Å². The second-order valence-electron chi connectivity index (χ2n) is 4.66. The third-order valence-electron chi connectivity index (χ3n) is 3.29. The summed E-state index contributed by atoms with van der Waals surface area (Å²) in [5, 5.41) is 2.86. The van der Waals surface area contributed by atoms with E-state index in [1.165, 1.54) is 0 Å². The summed E-state index contributed by atoms with van der Waals surface area (Å²) < 4.78 is 5.23. The van der Waals surface area contributed by atoms with E-state index >= 15 is 0 Å². The van der Waals surface area contributed by atoms with Gasteiger partial charge in [0.2, 0.25) is 0 Å². The Kier molecular flexibility index (Phi) is 3.94. The highest BCUT2D eigenvalue weighted by atomic mass is 16.5. The van der Waals surface area contributed by atoms with Crippen molar-refractivity contribution in [1.29, 1.82) is 0 Å². The minimum atomic E-state index is -0.183. The van der Waals surface area contributed by atoms with Crippen molar-refractivity contribution in [3.8, 4) is 5.75 Å². The zero-order valence-corrected chi connectivity index (χ0v) is 11.9. The van der Waals surface area contributed by atoms with Gasteiger partial charge in [-0.05, 0) is 49.2 Å². The molecule has 0 radical (unpaired) electrons. The highest BCUT2D eigenvalue weighted by Crippen LogP contribution is 2.23. The minimum absolute atomic E-state index is 0.183. The molecular weight excluding hydrogens is 252 g/mol. The highest BCUT2D eigenvalue weighted by molar-refractivity contribution is 6.05. The normalized spacial score (nSPS) is 10.2. The van der Waals surface area contributed by atoms with E-state index in [1.807, 2.05) is 32.0 Å². The summed E-state index contributed by atoms with van der Waals surface area (Å²) in [5.41, 5.74) is 9.60. The summed E-state index contributed by atoms with van der Waals surface area (Å²) in [6.07, 6.45) is 0. The van der Waals surface area contributed by atoms with Gasteiger partial charge in [-0.3, -0.25) is 4.79 Å². The summed E-state index contributed by atoms with van der Waals surface area (Å²) in [6.45, 7) is 3.81. The largest absolute Gasteiger partial charge is 0.496 e. The number of nitrogens with one attached hydrogen (secondary N) is 1. The van der Waals surface area contributed by atoms with E-state index in [9.17, 15) is 4.79 Å². The maximum Gasteiger partial charge on any atom is 0.255 e. The number of ether oxygens (including phenoxy) is 1. The molecular formula is C16H18N2O2. The van der Waals surface area contributed by atoms with Crippen molar-refractivity contribution in [3.63, 3.8) is 0 Å². The predicted molar refractivity (Wildman–Crippen MR) is 81.3 cm³/mol. The molecule has 0 unspecified atom stereocenters. The van der Waals surface area contributed by atoms with Crippen LogP contribution < -0.4 is 15.8 Å². The van der Waals surface area contributed by atoms with Gasteiger partial charge in [-0.2, -0.15) is 0 Å². The third-order valence-corrected chi connectivity index (χ3v) is 3.29. The number of hydrogen-bond donors (Lipinski definition) is 2. The number of carbonyl (C=O) groups excluding carboxylic acids is 1. The lowest BCUT2D eigenvalue weighted by Gasteiger charge is -2.11. The van der Waals surface area contributed by atoms with E-state index in [-0.39, 0.29) is 5.91 Å². The van der Waals surface area contributed by atoms with Crippen LogP contribution in [0.4, 0.5) is 11.4 Å². The third kappa shape index (κ3) is 2.74. The van der Waals surface area contributed by atoms with Crippen molar-refractivity contribution < 1.29 is 9.53 Å². The smallest absolute Gasteiger partial charge is 0.255 e. The molecule has 0 atom stereocenters. The first kappa shape index (κ1) is 13.9. The van der Waals surface area contributed by atoms with Crippen LogP contribution in [0.1, 0.15) is 21.5 Å². The summed E-state index contributed by atoms with van der Waals surface area (Å²) in [7, 11) is 1.59. The number of hydrogen-bond acceptors (Lipinski definition) is 3. The number of methoxy groups -OCH3 is 1. The molecule has 0 spiro atoms. The van der Waals surface area contributed by atoms with Crippen LogP contribution in [0.25, 0.3) is 0 Å². The predicted octanol–water partition coefficient (Wildman–Crippen LogP) is 3.15. The van der Waals surface area contributed by atoms with Crippen molar-refractivity contribution in [2.75, 3.05) is 18.2 Å². The van der Waals surface area contributed by atoms with Crippen LogP contribution in [0, 0.1) is 13.8 Å². The van der Waals surface area contributed by atoms with E-state index in [0.29, 0.717) is 17.0 Å². The summed E-state index contributed by atoms with van der Waals surface area (Å²) in [5.74, 6) is 0.513. The molecule has 0 bridgehead atoms. The molecule has 0 aliphatic rings. The fraction of sp³-hybridized carbons (Fsp3) is 0.188. The lowest BCUT2D eigenvalue weighted by Crippen LogP contribution is -2.13. The van der Waals surface area contributed by atoms with Gasteiger partial charge in [-0.15, -0.1) is 0 Å². The average molecular weight is 270 g/mol. The summed E-state index contributed by atoms with van der Waals surface area (Å²) in [4.78, 5) is 12.2. The Labute approximate surface area is 118 Å². The standard InChI is InChI=1S/C16H18N2O2/c1-10-7-8-12(9-15(10)20-3)16(19)18-14-6-4-5-13(17)11(14)2/h4-9H,17H2,1-3H3,(H,18,19). The van der Waals surface area contributed by atoms with Crippen molar-refractivity contribution in [2.24, 2.45) is 0 Å². The van der Waals surface area contributed by atoms with E-state index in [4.69, 9.17) is 10.5 Å². The van der Waals surface area contributed by atoms with Crippen molar-refractivity contribution in [1.82, 2.24) is 0 Å². The van der Waals surface area contributed by atoms with Gasteiger partial charge in [0.25, 0.3) is 5.91 Å². The van der Waals surface area contributed by atoms with Crippen LogP contribution in [-0.2, 0) is 0 Å². The van der Waals surface area contributed by atoms with Crippen molar-refractivity contribution >= 4 is 17.3 Å². The highest BCUT2D eigenvalue weighted by Gasteiger charge is 2.10. The van der Waals surface area contributed by atoms with Gasteiger partial charge in [0.1, 0.15) is 5.75 Å². The van der Waals surface area contributed by atoms with Crippen LogP contribution in [0.3, 0.4) is 0 Å². The number of aryl methyl sites for hydroxylation is 1. The average Bonchev–Trinajstić information content (AvgIpc) is 2.44. The Morgan fingerprint density at radius 3 is 2.65 bits per heavy atom. The molecule has 0 heterocycles. The number of benzene rings is 2. The number of amides is 1. The molecule has 104 valence electrons. The number of rotatable bonds is 3. The van der Waals surface area contributed by atoms with Crippen molar-refractivity contribution in [2.45, 2.75) is 13.8 Å². The zero-order valence-electron chi connectivity index (χ0n) is 11.9. The first-order valence-corrected chi connectivity index (χ1v) is 6.34. The lowest BCUT2D eigenvalue weighted by molar-refractivity contribution is 0.102. The Bertz CT molecular complexity index is 651. The van der Waals surface area contributed by atoms with Crippen LogP contribution in [0.2, 0.25) is 0 Å². The maximum absolute atomic E-state index is 12.2. The molecule has 3 N–H and O–H groups in total. The topological polar surface area (TPSA) is 64.3 Å². The van der Waals surface area contributed by atoms with Gasteiger partial charge < -0.3 is 15.8 Å². The van der Waals surface area contributed by atoms with Gasteiger partial charge >= 0.3 is 0 Å². The monoisotopic (exact) mass is 270 g/mol. The molecule has 0 saturated heterocycles. The van der Waals surface area contributed by atoms with Gasteiger partial charge in [-0.25, -0.2) is 0 Å². The molecule has 2 aromatic rings. The second kappa shape index (κ2) is 5.65. The molecule has 0 saturated carbocycles. The minimum Gasteiger partial charge on any atom is -0.496 e. The van der Waals surface area contributed by atoms with E-state index < -0.39 is 0 Å². The molecule has 20 heavy (non-hydrogen) atoms. The molecule has 0 fully saturated rings. The Morgan fingerprint density at radius 2 is 1.95 bits per heavy atom. The fourth-order valence-corrected chi connectivity index (χ4v) is 1.94. The van der Waals surface area contributed by atoms with Gasteiger partial charge in [0.15, 0.2) is 0 Å². The lowest BCUT2D eigenvalue weighted by atomic mass is 10.1. The van der Waals surface area contributed by atoms with Crippen LogP contribution >= 0.6 is 0 Å². The fourth-order valence-electron chi connectivity index (χ4n) is 1.94. The Balaban J connectivity index is 2.26. The Morgan fingerprint density at radius 1 is 1.20 bits per heavy atom. The number of carbonyl (C=O) groups is 1. The molecule has 0 aromatic heterocycles. The van der Waals surface area contributed by atoms with E-state index in [2.05, 4.69) is 5.32 Å². The van der Waals surface area contributed by atoms with Crippen LogP contribution in [0.15, 0.2) is 36.4 Å². The molecule has 0 aliphatic heterocycles. The van der Waals surface area contributed by atoms with Crippen LogP contribution in [-0.4, -0.2) is 13.0 Å². The Hall–Kier alpha value is -2.49.